The molecule has 0 radical (unpaired) electrons. The molecule has 1 aromatic carbocycles. The van der Waals surface area contributed by atoms with Crippen LogP contribution in [0.5, 0.6) is 5.75 Å². The van der Waals surface area contributed by atoms with Crippen LogP contribution in [-0.2, 0) is 9.53 Å². The molecule has 2 saturated carbocycles. The number of hydrazine groups is 1. The molecule has 2 unspecified atom stereocenters. The molecule has 6 N–H and O–H groups in total. The number of hydrogen-bond donors (Lipinski definition) is 4. The number of carbonyl (C=O) groups is 1. The maximum absolute atomic E-state index is 12.3. The van der Waals surface area contributed by atoms with Crippen molar-refractivity contribution in [3.8, 4) is 5.75 Å². The van der Waals surface area contributed by atoms with E-state index in [0.29, 0.717) is 11.8 Å². The lowest BCUT2D eigenvalue weighted by molar-refractivity contribution is -0.274. The molecular formula is C18H22F3N3O4. The van der Waals surface area contributed by atoms with Gasteiger partial charge in [-0.1, -0.05) is 12.1 Å². The summed E-state index contributed by atoms with van der Waals surface area (Å²) in [6.45, 7) is 0. The van der Waals surface area contributed by atoms with Crippen LogP contribution in [0.3, 0.4) is 0 Å². The maximum Gasteiger partial charge on any atom is 0.573 e. The lowest BCUT2D eigenvalue weighted by atomic mass is 9.94. The van der Waals surface area contributed by atoms with E-state index in [0.717, 1.165) is 31.2 Å². The first kappa shape index (κ1) is 20.1. The minimum absolute atomic E-state index is 0.179. The third-order valence-corrected chi connectivity index (χ3v) is 5.46. The molecule has 2 fully saturated rings. The van der Waals surface area contributed by atoms with E-state index in [4.69, 9.17) is 21.4 Å². The second-order valence-corrected chi connectivity index (χ2v) is 7.21. The van der Waals surface area contributed by atoms with Gasteiger partial charge in [0.1, 0.15) is 11.9 Å². The van der Waals surface area contributed by atoms with Gasteiger partial charge in [-0.2, -0.15) is 0 Å². The van der Waals surface area contributed by atoms with Crippen LogP contribution < -0.4 is 21.7 Å². The molecule has 1 aromatic rings. The van der Waals surface area contributed by atoms with Crippen LogP contribution in [0.25, 0.3) is 0 Å². The van der Waals surface area contributed by atoms with Crippen molar-refractivity contribution in [3.63, 3.8) is 0 Å². The van der Waals surface area contributed by atoms with Crippen LogP contribution in [0.2, 0.25) is 0 Å². The summed E-state index contributed by atoms with van der Waals surface area (Å²) in [6, 6.07) is 6.02. The Hall–Kier alpha value is -2.62. The summed E-state index contributed by atoms with van der Waals surface area (Å²) in [6.07, 6.45) is -1.59. The van der Waals surface area contributed by atoms with Crippen molar-refractivity contribution in [2.75, 3.05) is 0 Å². The first-order valence-electron chi connectivity index (χ1n) is 8.88. The summed E-state index contributed by atoms with van der Waals surface area (Å²) >= 11 is 0. The van der Waals surface area contributed by atoms with Crippen LogP contribution in [-0.4, -0.2) is 23.5 Å². The number of fused-ring (bicyclic) bond motifs is 1. The van der Waals surface area contributed by atoms with Gasteiger partial charge in [-0.25, -0.2) is 4.79 Å². The van der Waals surface area contributed by atoms with Gasteiger partial charge in [-0.05, 0) is 61.1 Å². The molecule has 2 atom stereocenters. The van der Waals surface area contributed by atoms with Crippen molar-refractivity contribution in [1.82, 2.24) is 5.43 Å². The van der Waals surface area contributed by atoms with E-state index in [1.807, 2.05) is 5.43 Å². The summed E-state index contributed by atoms with van der Waals surface area (Å²) in [7, 11) is 0. The molecule has 10 heteroatoms. The Labute approximate surface area is 159 Å². The fourth-order valence-corrected chi connectivity index (χ4v) is 4.35. The number of hydrogen-bond acceptors (Lipinski definition) is 6. The van der Waals surface area contributed by atoms with Gasteiger partial charge in [-0.3, -0.25) is 5.84 Å². The SMILES string of the molecule is NN/C(C(=O)O)=C(\N)OC1CC2CC(c3ccc(OC(F)(F)F)cc3)CC2C1. The second kappa shape index (κ2) is 7.78. The van der Waals surface area contributed by atoms with Gasteiger partial charge >= 0.3 is 12.3 Å². The van der Waals surface area contributed by atoms with Gasteiger partial charge in [0.25, 0.3) is 0 Å². The van der Waals surface area contributed by atoms with Gasteiger partial charge in [0.05, 0.1) is 0 Å². The van der Waals surface area contributed by atoms with E-state index < -0.39 is 12.3 Å². The van der Waals surface area contributed by atoms with E-state index in [9.17, 15) is 18.0 Å². The van der Waals surface area contributed by atoms with Crippen molar-refractivity contribution in [1.29, 1.82) is 0 Å². The van der Waals surface area contributed by atoms with Crippen LogP contribution in [0.15, 0.2) is 35.8 Å². The number of aliphatic carboxylic acids is 1. The molecule has 0 aromatic heterocycles. The predicted octanol–water partition coefficient (Wildman–Crippen LogP) is 2.55. The van der Waals surface area contributed by atoms with Crippen LogP contribution >= 0.6 is 0 Å². The molecule has 154 valence electrons. The minimum Gasteiger partial charge on any atom is -0.476 e. The number of nitrogens with one attached hydrogen (secondary N) is 1. The number of carboxylic acids is 1. The molecule has 0 bridgehead atoms. The van der Waals surface area contributed by atoms with E-state index in [-0.39, 0.29) is 29.4 Å². The average Bonchev–Trinajstić information content (AvgIpc) is 3.12. The molecule has 28 heavy (non-hydrogen) atoms. The number of alkyl halides is 3. The molecule has 0 spiro atoms. The first-order valence-corrected chi connectivity index (χ1v) is 8.88. The molecule has 7 nitrogen and oxygen atoms in total. The molecule has 0 heterocycles. The summed E-state index contributed by atoms with van der Waals surface area (Å²) in [4.78, 5) is 11.0. The van der Waals surface area contributed by atoms with E-state index in [2.05, 4.69) is 4.74 Å². The zero-order valence-electron chi connectivity index (χ0n) is 14.9. The molecule has 3 rings (SSSR count). The zero-order chi connectivity index (χ0) is 20.5. The quantitative estimate of drug-likeness (QED) is 0.250. The minimum atomic E-state index is -4.70. The van der Waals surface area contributed by atoms with Crippen molar-refractivity contribution in [3.05, 3.63) is 41.4 Å². The standard InChI is InChI=1S/C18H22F3N3O4/c19-18(20,21)28-13-3-1-9(2-4-13)10-5-11-7-14(8-12(11)6-10)27-16(22)15(24-23)17(25)26/h1-4,10-12,14,24H,5-8,22-23H2,(H,25,26)/b16-15+. The fourth-order valence-electron chi connectivity index (χ4n) is 4.35. The zero-order valence-corrected chi connectivity index (χ0v) is 14.9. The van der Waals surface area contributed by atoms with Gasteiger partial charge in [0.15, 0.2) is 5.70 Å². The highest BCUT2D eigenvalue weighted by molar-refractivity contribution is 5.86. The first-order chi connectivity index (χ1) is 13.2. The number of ether oxygens (including phenoxy) is 2. The third-order valence-electron chi connectivity index (χ3n) is 5.46. The summed E-state index contributed by atoms with van der Waals surface area (Å²) < 4.78 is 46.2. The largest absolute Gasteiger partial charge is 0.573 e. The fraction of sp³-hybridized carbons (Fsp3) is 0.500. The Bertz CT molecular complexity index is 737. The smallest absolute Gasteiger partial charge is 0.476 e. The molecule has 0 amide bonds. The highest BCUT2D eigenvalue weighted by Gasteiger charge is 2.43. The number of benzene rings is 1. The summed E-state index contributed by atoms with van der Waals surface area (Å²) in [5.41, 5.74) is 8.31. The Morgan fingerprint density at radius 2 is 1.68 bits per heavy atom. The van der Waals surface area contributed by atoms with Gasteiger partial charge < -0.3 is 25.7 Å². The highest BCUT2D eigenvalue weighted by atomic mass is 19.4. The van der Waals surface area contributed by atoms with Crippen molar-refractivity contribution >= 4 is 5.97 Å². The number of nitrogens with two attached hydrogens (primary N) is 2. The monoisotopic (exact) mass is 401 g/mol. The second-order valence-electron chi connectivity index (χ2n) is 7.21. The van der Waals surface area contributed by atoms with E-state index in [1.165, 1.54) is 12.1 Å². The van der Waals surface area contributed by atoms with Gasteiger partial charge in [-0.15, -0.1) is 13.2 Å². The molecule has 2 aliphatic rings. The maximum atomic E-state index is 12.3. The van der Waals surface area contributed by atoms with E-state index >= 15 is 0 Å². The van der Waals surface area contributed by atoms with Crippen molar-refractivity contribution in [2.45, 2.75) is 44.1 Å². The Kier molecular flexibility index (Phi) is 5.59. The normalized spacial score (nSPS) is 27.7. The highest BCUT2D eigenvalue weighted by Crippen LogP contribution is 2.51. The summed E-state index contributed by atoms with van der Waals surface area (Å²) in [5, 5.41) is 8.99. The average molecular weight is 401 g/mol. The molecule has 2 aliphatic carbocycles. The van der Waals surface area contributed by atoms with Gasteiger partial charge in [0.2, 0.25) is 5.88 Å². The Morgan fingerprint density at radius 1 is 1.11 bits per heavy atom. The Morgan fingerprint density at radius 3 is 2.14 bits per heavy atom. The van der Waals surface area contributed by atoms with E-state index in [1.54, 1.807) is 12.1 Å². The lowest BCUT2D eigenvalue weighted by Gasteiger charge is -2.18. The van der Waals surface area contributed by atoms with Gasteiger partial charge in [0, 0.05) is 0 Å². The van der Waals surface area contributed by atoms with Crippen LogP contribution in [0.1, 0.15) is 37.2 Å². The molecule has 0 saturated heterocycles. The topological polar surface area (TPSA) is 120 Å². The third kappa shape index (κ3) is 4.61. The molecular weight excluding hydrogens is 379 g/mol. The number of carboxylic acid groups (broad SMARTS) is 1. The van der Waals surface area contributed by atoms with Crippen LogP contribution in [0.4, 0.5) is 13.2 Å². The number of halogens is 3. The van der Waals surface area contributed by atoms with Crippen LogP contribution in [0, 0.1) is 11.8 Å². The van der Waals surface area contributed by atoms with Crippen molar-refractivity contribution < 1.29 is 32.5 Å². The number of rotatable bonds is 6. The molecule has 0 aliphatic heterocycles. The lowest BCUT2D eigenvalue weighted by Crippen LogP contribution is -2.32. The van der Waals surface area contributed by atoms with Crippen molar-refractivity contribution in [2.24, 2.45) is 23.4 Å². The Balaban J connectivity index is 1.56. The predicted molar refractivity (Wildman–Crippen MR) is 92.4 cm³/mol. The summed E-state index contributed by atoms with van der Waals surface area (Å²) in [5.74, 6) is 4.45.